The fourth-order valence-corrected chi connectivity index (χ4v) is 1.95. The smallest absolute Gasteiger partial charge is 0.123 e. The van der Waals surface area contributed by atoms with Crippen molar-refractivity contribution in [2.45, 2.75) is 0 Å². The SMILES string of the molecule is COc1ccc(O)c(-c2ccsc2)c1. The normalized spacial score (nSPS) is 10.1. The van der Waals surface area contributed by atoms with E-state index >= 15 is 0 Å². The molecule has 2 nitrogen and oxygen atoms in total. The van der Waals surface area contributed by atoms with E-state index in [9.17, 15) is 5.11 Å². The van der Waals surface area contributed by atoms with Gasteiger partial charge in [0.15, 0.2) is 0 Å². The Labute approximate surface area is 86.4 Å². The van der Waals surface area contributed by atoms with E-state index in [0.717, 1.165) is 16.9 Å². The number of ether oxygens (including phenoxy) is 1. The fraction of sp³-hybridized carbons (Fsp3) is 0.0909. The van der Waals surface area contributed by atoms with Crippen LogP contribution in [0.2, 0.25) is 0 Å². The summed E-state index contributed by atoms with van der Waals surface area (Å²) < 4.78 is 5.10. The van der Waals surface area contributed by atoms with Gasteiger partial charge in [-0.05, 0) is 40.6 Å². The van der Waals surface area contributed by atoms with Gasteiger partial charge in [0.1, 0.15) is 11.5 Å². The van der Waals surface area contributed by atoms with Gasteiger partial charge in [0.25, 0.3) is 0 Å². The molecule has 0 aliphatic heterocycles. The third kappa shape index (κ3) is 1.59. The lowest BCUT2D eigenvalue weighted by molar-refractivity contribution is 0.412. The van der Waals surface area contributed by atoms with Crippen LogP contribution < -0.4 is 4.74 Å². The molecule has 0 aliphatic carbocycles. The summed E-state index contributed by atoms with van der Waals surface area (Å²) in [6.45, 7) is 0. The van der Waals surface area contributed by atoms with Gasteiger partial charge in [0.05, 0.1) is 7.11 Å². The van der Waals surface area contributed by atoms with Gasteiger partial charge >= 0.3 is 0 Å². The van der Waals surface area contributed by atoms with Gasteiger partial charge in [-0.3, -0.25) is 0 Å². The van der Waals surface area contributed by atoms with Crippen molar-refractivity contribution in [1.82, 2.24) is 0 Å². The van der Waals surface area contributed by atoms with E-state index in [0.29, 0.717) is 0 Å². The first kappa shape index (κ1) is 9.09. The topological polar surface area (TPSA) is 29.5 Å². The Morgan fingerprint density at radius 1 is 1.29 bits per heavy atom. The predicted octanol–water partition coefficient (Wildman–Crippen LogP) is 3.13. The molecule has 0 bridgehead atoms. The zero-order valence-corrected chi connectivity index (χ0v) is 8.54. The lowest BCUT2D eigenvalue weighted by atomic mass is 10.1. The Balaban J connectivity index is 2.51. The molecule has 0 atom stereocenters. The summed E-state index contributed by atoms with van der Waals surface area (Å²) >= 11 is 1.60. The Kier molecular flexibility index (Phi) is 2.41. The van der Waals surface area contributed by atoms with Crippen LogP contribution >= 0.6 is 11.3 Å². The molecule has 2 aromatic rings. The number of phenolic OH excluding ortho intramolecular Hbond substituents is 1. The maximum atomic E-state index is 9.65. The summed E-state index contributed by atoms with van der Waals surface area (Å²) in [5.74, 6) is 1.04. The molecule has 2 rings (SSSR count). The number of hydrogen-bond acceptors (Lipinski definition) is 3. The fourth-order valence-electron chi connectivity index (χ4n) is 1.29. The van der Waals surface area contributed by atoms with Crippen molar-refractivity contribution in [3.8, 4) is 22.6 Å². The highest BCUT2D eigenvalue weighted by molar-refractivity contribution is 7.08. The van der Waals surface area contributed by atoms with Gasteiger partial charge in [0.2, 0.25) is 0 Å². The number of thiophene rings is 1. The lowest BCUT2D eigenvalue weighted by Crippen LogP contribution is -1.83. The highest BCUT2D eigenvalue weighted by Crippen LogP contribution is 2.33. The molecule has 0 fully saturated rings. The number of hydrogen-bond donors (Lipinski definition) is 1. The number of methoxy groups -OCH3 is 1. The summed E-state index contributed by atoms with van der Waals surface area (Å²) in [5.41, 5.74) is 1.83. The van der Waals surface area contributed by atoms with Crippen molar-refractivity contribution in [1.29, 1.82) is 0 Å². The highest BCUT2D eigenvalue weighted by atomic mass is 32.1. The Hall–Kier alpha value is -1.48. The van der Waals surface area contributed by atoms with E-state index in [1.165, 1.54) is 0 Å². The molecule has 72 valence electrons. The van der Waals surface area contributed by atoms with Crippen LogP contribution in [-0.2, 0) is 0 Å². The third-order valence-corrected chi connectivity index (χ3v) is 2.72. The highest BCUT2D eigenvalue weighted by Gasteiger charge is 2.05. The second kappa shape index (κ2) is 3.72. The molecule has 1 heterocycles. The number of phenols is 1. The molecule has 1 aromatic heterocycles. The van der Waals surface area contributed by atoms with Crippen LogP contribution in [0, 0.1) is 0 Å². The van der Waals surface area contributed by atoms with Crippen LogP contribution in [-0.4, -0.2) is 12.2 Å². The summed E-state index contributed by atoms with van der Waals surface area (Å²) in [5, 5.41) is 13.6. The van der Waals surface area contributed by atoms with Gasteiger partial charge in [-0.15, -0.1) is 0 Å². The van der Waals surface area contributed by atoms with Crippen molar-refractivity contribution >= 4 is 11.3 Å². The van der Waals surface area contributed by atoms with E-state index in [1.807, 2.05) is 22.9 Å². The first-order valence-corrected chi connectivity index (χ1v) is 5.15. The molecule has 14 heavy (non-hydrogen) atoms. The van der Waals surface area contributed by atoms with Gasteiger partial charge in [-0.1, -0.05) is 0 Å². The van der Waals surface area contributed by atoms with Crippen molar-refractivity contribution in [2.24, 2.45) is 0 Å². The van der Waals surface area contributed by atoms with E-state index in [1.54, 1.807) is 30.6 Å². The van der Waals surface area contributed by atoms with E-state index in [-0.39, 0.29) is 5.75 Å². The molecule has 3 heteroatoms. The lowest BCUT2D eigenvalue weighted by Gasteiger charge is -2.05. The van der Waals surface area contributed by atoms with Gasteiger partial charge in [0, 0.05) is 5.56 Å². The van der Waals surface area contributed by atoms with Crippen molar-refractivity contribution < 1.29 is 9.84 Å². The quantitative estimate of drug-likeness (QED) is 0.818. The van der Waals surface area contributed by atoms with Gasteiger partial charge < -0.3 is 9.84 Å². The monoisotopic (exact) mass is 206 g/mol. The molecular weight excluding hydrogens is 196 g/mol. The van der Waals surface area contributed by atoms with Crippen LogP contribution in [0.4, 0.5) is 0 Å². The molecular formula is C11H10O2S. The van der Waals surface area contributed by atoms with Crippen molar-refractivity contribution in [3.05, 3.63) is 35.0 Å². The number of aromatic hydroxyl groups is 1. The van der Waals surface area contributed by atoms with Crippen LogP contribution in [0.5, 0.6) is 11.5 Å². The Morgan fingerprint density at radius 2 is 2.14 bits per heavy atom. The molecule has 0 saturated heterocycles. The second-order valence-corrected chi connectivity index (χ2v) is 3.68. The van der Waals surface area contributed by atoms with Gasteiger partial charge in [-0.2, -0.15) is 11.3 Å². The van der Waals surface area contributed by atoms with Gasteiger partial charge in [-0.25, -0.2) is 0 Å². The minimum absolute atomic E-state index is 0.282. The van der Waals surface area contributed by atoms with Crippen molar-refractivity contribution in [2.75, 3.05) is 7.11 Å². The maximum absolute atomic E-state index is 9.65. The zero-order valence-electron chi connectivity index (χ0n) is 7.73. The molecule has 0 saturated carbocycles. The average molecular weight is 206 g/mol. The number of rotatable bonds is 2. The summed E-state index contributed by atoms with van der Waals surface area (Å²) in [6, 6.07) is 7.19. The molecule has 1 N–H and O–H groups in total. The van der Waals surface area contributed by atoms with Crippen molar-refractivity contribution in [3.63, 3.8) is 0 Å². The molecule has 0 aliphatic rings. The van der Waals surface area contributed by atoms with Crippen LogP contribution in [0.1, 0.15) is 0 Å². The molecule has 0 spiro atoms. The zero-order chi connectivity index (χ0) is 9.97. The van der Waals surface area contributed by atoms with E-state index in [4.69, 9.17) is 4.74 Å². The molecule has 0 radical (unpaired) electrons. The average Bonchev–Trinajstić information content (AvgIpc) is 2.71. The molecule has 0 unspecified atom stereocenters. The summed E-state index contributed by atoms with van der Waals surface area (Å²) in [7, 11) is 1.61. The Bertz CT molecular complexity index is 421. The third-order valence-electron chi connectivity index (χ3n) is 2.04. The molecule has 1 aromatic carbocycles. The second-order valence-electron chi connectivity index (χ2n) is 2.90. The molecule has 0 amide bonds. The summed E-state index contributed by atoms with van der Waals surface area (Å²) in [6.07, 6.45) is 0. The standard InChI is InChI=1S/C11H10O2S/c1-13-9-2-3-11(12)10(6-9)8-4-5-14-7-8/h2-7,12H,1H3. The van der Waals surface area contributed by atoms with E-state index < -0.39 is 0 Å². The maximum Gasteiger partial charge on any atom is 0.123 e. The summed E-state index contributed by atoms with van der Waals surface area (Å²) in [4.78, 5) is 0. The van der Waals surface area contributed by atoms with Crippen LogP contribution in [0.25, 0.3) is 11.1 Å². The van der Waals surface area contributed by atoms with Crippen LogP contribution in [0.15, 0.2) is 35.0 Å². The minimum Gasteiger partial charge on any atom is -0.507 e. The van der Waals surface area contributed by atoms with E-state index in [2.05, 4.69) is 0 Å². The number of benzene rings is 1. The van der Waals surface area contributed by atoms with Crippen LogP contribution in [0.3, 0.4) is 0 Å². The Morgan fingerprint density at radius 3 is 2.79 bits per heavy atom. The predicted molar refractivity (Wildman–Crippen MR) is 58.0 cm³/mol. The first-order chi connectivity index (χ1) is 6.81. The minimum atomic E-state index is 0.282. The largest absolute Gasteiger partial charge is 0.507 e. The first-order valence-electron chi connectivity index (χ1n) is 4.21.